The number of hydrogen-bond acceptors (Lipinski definition) is 3. The van der Waals surface area contributed by atoms with Gasteiger partial charge >= 0.3 is 5.97 Å². The van der Waals surface area contributed by atoms with Crippen molar-refractivity contribution in [2.24, 2.45) is 0 Å². The van der Waals surface area contributed by atoms with Crippen LogP contribution in [-0.2, 0) is 4.79 Å². The molecule has 0 amide bonds. The largest absolute Gasteiger partial charge is 0.425 e. The van der Waals surface area contributed by atoms with Crippen LogP contribution in [0, 0.1) is 0 Å². The Kier molecular flexibility index (Phi) is 4.45. The molecule has 0 fully saturated rings. The summed E-state index contributed by atoms with van der Waals surface area (Å²) in [6.07, 6.45) is 1.92. The van der Waals surface area contributed by atoms with Crippen LogP contribution in [0.4, 0.5) is 0 Å². The molecular formula is C19H16O2S. The molecule has 2 nitrogen and oxygen atoms in total. The van der Waals surface area contributed by atoms with Crippen molar-refractivity contribution in [1.29, 1.82) is 0 Å². The highest BCUT2D eigenvalue weighted by Gasteiger charge is 2.22. The predicted molar refractivity (Wildman–Crippen MR) is 92.3 cm³/mol. The molecule has 0 spiro atoms. The number of carbonyl (C=O) groups excluding carboxylic acids is 1. The first-order valence-electron chi connectivity index (χ1n) is 7.07. The molecule has 0 heterocycles. The number of thioether (sulfide) groups is 1. The third kappa shape index (κ3) is 3.00. The second-order valence-corrected chi connectivity index (χ2v) is 5.87. The summed E-state index contributed by atoms with van der Waals surface area (Å²) in [5.74, 6) is 0.369. The average Bonchev–Trinajstić information content (AvgIpc) is 2.57. The Morgan fingerprint density at radius 2 is 1.59 bits per heavy atom. The van der Waals surface area contributed by atoms with Gasteiger partial charge in [0.15, 0.2) is 0 Å². The van der Waals surface area contributed by atoms with Crippen molar-refractivity contribution in [2.45, 2.75) is 5.25 Å². The van der Waals surface area contributed by atoms with Crippen molar-refractivity contribution >= 4 is 28.5 Å². The van der Waals surface area contributed by atoms with Crippen LogP contribution in [0.25, 0.3) is 10.8 Å². The van der Waals surface area contributed by atoms with Gasteiger partial charge in [-0.3, -0.25) is 4.79 Å². The Hall–Kier alpha value is -2.26. The van der Waals surface area contributed by atoms with Gasteiger partial charge in [-0.15, -0.1) is 11.8 Å². The van der Waals surface area contributed by atoms with Crippen LogP contribution in [0.3, 0.4) is 0 Å². The van der Waals surface area contributed by atoms with Crippen molar-refractivity contribution in [2.75, 3.05) is 6.26 Å². The van der Waals surface area contributed by atoms with Gasteiger partial charge in [0.2, 0.25) is 0 Å². The minimum absolute atomic E-state index is 0.241. The highest BCUT2D eigenvalue weighted by molar-refractivity contribution is 7.99. The summed E-state index contributed by atoms with van der Waals surface area (Å²) >= 11 is 1.48. The van der Waals surface area contributed by atoms with E-state index in [4.69, 9.17) is 4.74 Å². The van der Waals surface area contributed by atoms with Crippen LogP contribution >= 0.6 is 11.8 Å². The lowest BCUT2D eigenvalue weighted by Crippen LogP contribution is -2.16. The fourth-order valence-corrected chi connectivity index (χ4v) is 3.11. The summed E-state index contributed by atoms with van der Waals surface area (Å²) in [6.45, 7) is 0. The van der Waals surface area contributed by atoms with Crippen molar-refractivity contribution in [1.82, 2.24) is 0 Å². The molecule has 0 saturated carbocycles. The van der Waals surface area contributed by atoms with Crippen molar-refractivity contribution in [3.05, 3.63) is 78.4 Å². The molecular weight excluding hydrogens is 292 g/mol. The first-order chi connectivity index (χ1) is 10.8. The Morgan fingerprint density at radius 1 is 0.909 bits per heavy atom. The summed E-state index contributed by atoms with van der Waals surface area (Å²) in [5.41, 5.74) is 0.959. The molecule has 0 aliphatic rings. The van der Waals surface area contributed by atoms with Gasteiger partial charge in [-0.25, -0.2) is 0 Å². The average molecular weight is 308 g/mol. The van der Waals surface area contributed by atoms with Crippen LogP contribution in [0.2, 0.25) is 0 Å². The molecule has 0 saturated heterocycles. The first-order valence-corrected chi connectivity index (χ1v) is 8.35. The zero-order chi connectivity index (χ0) is 15.4. The quantitative estimate of drug-likeness (QED) is 0.509. The Morgan fingerprint density at radius 3 is 2.36 bits per heavy atom. The summed E-state index contributed by atoms with van der Waals surface area (Å²) in [5, 5.41) is 1.69. The van der Waals surface area contributed by atoms with Gasteiger partial charge in [0, 0.05) is 5.39 Å². The number of esters is 1. The van der Waals surface area contributed by atoms with Gasteiger partial charge in [0.25, 0.3) is 0 Å². The minimum atomic E-state index is -0.319. The molecule has 1 atom stereocenters. The van der Waals surface area contributed by atoms with E-state index in [1.165, 1.54) is 11.8 Å². The van der Waals surface area contributed by atoms with Crippen molar-refractivity contribution in [3.63, 3.8) is 0 Å². The number of benzene rings is 3. The van der Waals surface area contributed by atoms with E-state index in [0.717, 1.165) is 16.3 Å². The van der Waals surface area contributed by atoms with E-state index in [-0.39, 0.29) is 11.2 Å². The smallest absolute Gasteiger partial charge is 0.329 e. The van der Waals surface area contributed by atoms with Crippen LogP contribution < -0.4 is 4.74 Å². The summed E-state index contributed by atoms with van der Waals surface area (Å²) in [6, 6.07) is 23.4. The first kappa shape index (κ1) is 14.7. The molecule has 0 radical (unpaired) electrons. The van der Waals surface area contributed by atoms with Gasteiger partial charge in [-0.1, -0.05) is 66.7 Å². The second-order valence-electron chi connectivity index (χ2n) is 4.92. The lowest BCUT2D eigenvalue weighted by molar-refractivity contribution is -0.133. The van der Waals surface area contributed by atoms with E-state index in [2.05, 4.69) is 0 Å². The Bertz CT molecular complexity index is 778. The van der Waals surface area contributed by atoms with E-state index >= 15 is 0 Å². The summed E-state index contributed by atoms with van der Waals surface area (Å²) in [7, 11) is 0. The van der Waals surface area contributed by atoms with Gasteiger partial charge in [0.1, 0.15) is 11.0 Å². The zero-order valence-electron chi connectivity index (χ0n) is 12.2. The lowest BCUT2D eigenvalue weighted by atomic mass is 10.1. The van der Waals surface area contributed by atoms with Gasteiger partial charge in [-0.05, 0) is 23.3 Å². The minimum Gasteiger partial charge on any atom is -0.425 e. The maximum atomic E-state index is 12.5. The molecule has 0 aliphatic carbocycles. The summed E-state index contributed by atoms with van der Waals surface area (Å²) in [4.78, 5) is 12.5. The van der Waals surface area contributed by atoms with E-state index in [0.29, 0.717) is 5.75 Å². The fourth-order valence-electron chi connectivity index (χ4n) is 2.44. The Balaban J connectivity index is 1.89. The molecule has 3 aromatic carbocycles. The highest BCUT2D eigenvalue weighted by Crippen LogP contribution is 2.31. The van der Waals surface area contributed by atoms with Gasteiger partial charge in [-0.2, -0.15) is 0 Å². The van der Waals surface area contributed by atoms with Crippen molar-refractivity contribution in [3.8, 4) is 5.75 Å². The SMILES string of the molecule is CSC(C(=O)Oc1cccc2ccccc12)c1ccccc1. The molecule has 110 valence electrons. The monoisotopic (exact) mass is 308 g/mol. The van der Waals surface area contributed by atoms with E-state index in [9.17, 15) is 4.79 Å². The van der Waals surface area contributed by atoms with Crippen LogP contribution in [0.15, 0.2) is 72.8 Å². The van der Waals surface area contributed by atoms with Gasteiger partial charge < -0.3 is 4.74 Å². The van der Waals surface area contributed by atoms with Crippen molar-refractivity contribution < 1.29 is 9.53 Å². The molecule has 0 bridgehead atoms. The maximum Gasteiger partial charge on any atom is 0.329 e. The number of ether oxygens (including phenoxy) is 1. The second kappa shape index (κ2) is 6.67. The van der Waals surface area contributed by atoms with E-state index < -0.39 is 0 Å². The number of fused-ring (bicyclic) bond motifs is 1. The number of hydrogen-bond donors (Lipinski definition) is 0. The normalized spacial score (nSPS) is 12.0. The summed E-state index contributed by atoms with van der Waals surface area (Å²) < 4.78 is 5.68. The molecule has 0 aliphatic heterocycles. The molecule has 3 rings (SSSR count). The van der Waals surface area contributed by atoms with E-state index in [1.807, 2.05) is 79.1 Å². The third-order valence-corrected chi connectivity index (χ3v) is 4.45. The molecule has 3 aromatic rings. The fraction of sp³-hybridized carbons (Fsp3) is 0.105. The Labute approximate surface area is 134 Å². The highest BCUT2D eigenvalue weighted by atomic mass is 32.2. The topological polar surface area (TPSA) is 26.3 Å². The van der Waals surface area contributed by atoms with Gasteiger partial charge in [0.05, 0.1) is 0 Å². The lowest BCUT2D eigenvalue weighted by Gasteiger charge is -2.15. The maximum absolute atomic E-state index is 12.5. The standard InChI is InChI=1S/C19H16O2S/c1-22-18(15-9-3-2-4-10-15)19(20)21-17-13-7-11-14-8-5-6-12-16(14)17/h2-13,18H,1H3. The molecule has 0 aromatic heterocycles. The molecule has 22 heavy (non-hydrogen) atoms. The van der Waals surface area contributed by atoms with E-state index in [1.54, 1.807) is 0 Å². The van der Waals surface area contributed by atoms with Crippen LogP contribution in [-0.4, -0.2) is 12.2 Å². The number of rotatable bonds is 4. The molecule has 1 unspecified atom stereocenters. The predicted octanol–water partition coefficient (Wildman–Crippen LogP) is 4.85. The third-order valence-electron chi connectivity index (χ3n) is 3.51. The molecule has 3 heteroatoms. The number of carbonyl (C=O) groups is 1. The van der Waals surface area contributed by atoms with Crippen LogP contribution in [0.1, 0.15) is 10.8 Å². The zero-order valence-corrected chi connectivity index (χ0v) is 13.0. The molecule has 0 N–H and O–H groups in total. The van der Waals surface area contributed by atoms with Crippen LogP contribution in [0.5, 0.6) is 5.75 Å².